The van der Waals surface area contributed by atoms with Gasteiger partial charge in [0, 0.05) is 12.2 Å². The van der Waals surface area contributed by atoms with Crippen molar-refractivity contribution in [1.82, 2.24) is 0 Å². The van der Waals surface area contributed by atoms with E-state index >= 15 is 0 Å². The minimum absolute atomic E-state index is 0.217. The van der Waals surface area contributed by atoms with Crippen molar-refractivity contribution in [2.24, 2.45) is 0 Å². The molecule has 1 aromatic carbocycles. The van der Waals surface area contributed by atoms with Crippen LogP contribution in [0.4, 0.5) is 13.2 Å². The number of ketones is 1. The molecule has 0 aromatic heterocycles. The van der Waals surface area contributed by atoms with E-state index in [1.807, 2.05) is 0 Å². The van der Waals surface area contributed by atoms with Gasteiger partial charge in [-0.3, -0.25) is 4.79 Å². The molecule has 2 nitrogen and oxygen atoms in total. The Labute approximate surface area is 109 Å². The molecule has 0 radical (unpaired) electrons. The van der Waals surface area contributed by atoms with Gasteiger partial charge in [-0.1, -0.05) is 6.07 Å². The number of ether oxygens (including phenoxy) is 1. The number of carbonyl (C=O) groups excluding carboxylic acids is 1. The van der Waals surface area contributed by atoms with Crippen molar-refractivity contribution >= 4 is 5.78 Å². The third-order valence-electron chi connectivity index (χ3n) is 3.29. The zero-order valence-corrected chi connectivity index (χ0v) is 10.6. The van der Waals surface area contributed by atoms with E-state index in [0.29, 0.717) is 24.2 Å². The average Bonchev–Trinajstić information content (AvgIpc) is 2.38. The highest BCUT2D eigenvalue weighted by Crippen LogP contribution is 2.31. The van der Waals surface area contributed by atoms with E-state index in [4.69, 9.17) is 4.74 Å². The van der Waals surface area contributed by atoms with Gasteiger partial charge in [0.1, 0.15) is 6.10 Å². The highest BCUT2D eigenvalue weighted by atomic mass is 19.4. The number of halogens is 3. The number of aryl methyl sites for hydroxylation is 1. The molecule has 19 heavy (non-hydrogen) atoms. The molecule has 1 aromatic rings. The third-order valence-corrected chi connectivity index (χ3v) is 3.29. The molecule has 0 bridgehead atoms. The van der Waals surface area contributed by atoms with E-state index in [1.54, 1.807) is 0 Å². The Balaban J connectivity index is 2.23. The van der Waals surface area contributed by atoms with Gasteiger partial charge in [0.2, 0.25) is 0 Å². The van der Waals surface area contributed by atoms with Crippen molar-refractivity contribution < 1.29 is 22.7 Å². The zero-order chi connectivity index (χ0) is 14.0. The van der Waals surface area contributed by atoms with Crippen LogP contribution in [0.15, 0.2) is 18.2 Å². The first-order valence-electron chi connectivity index (χ1n) is 6.23. The van der Waals surface area contributed by atoms with E-state index < -0.39 is 17.8 Å². The summed E-state index contributed by atoms with van der Waals surface area (Å²) in [7, 11) is 0. The summed E-state index contributed by atoms with van der Waals surface area (Å²) in [6.07, 6.45) is -2.41. The summed E-state index contributed by atoms with van der Waals surface area (Å²) in [4.78, 5) is 12.2. The summed E-state index contributed by atoms with van der Waals surface area (Å²) in [6.45, 7) is 2.06. The van der Waals surface area contributed by atoms with Crippen molar-refractivity contribution in [2.45, 2.75) is 38.5 Å². The Hall–Kier alpha value is -1.36. The fourth-order valence-electron chi connectivity index (χ4n) is 2.24. The highest BCUT2D eigenvalue weighted by molar-refractivity contribution is 6.00. The lowest BCUT2D eigenvalue weighted by Crippen LogP contribution is -2.28. The van der Waals surface area contributed by atoms with Crippen LogP contribution in [0.2, 0.25) is 0 Å². The maximum Gasteiger partial charge on any atom is 0.416 e. The normalized spacial score (nSPS) is 20.3. The molecule has 1 aliphatic heterocycles. The van der Waals surface area contributed by atoms with Crippen LogP contribution >= 0.6 is 0 Å². The van der Waals surface area contributed by atoms with Gasteiger partial charge in [0.25, 0.3) is 0 Å². The molecular weight excluding hydrogens is 257 g/mol. The first-order valence-corrected chi connectivity index (χ1v) is 6.23. The van der Waals surface area contributed by atoms with Crippen LogP contribution in [0.5, 0.6) is 0 Å². The lowest BCUT2D eigenvalue weighted by atomic mass is 9.95. The van der Waals surface area contributed by atoms with Gasteiger partial charge in [-0.15, -0.1) is 0 Å². The first-order chi connectivity index (χ1) is 8.89. The van der Waals surface area contributed by atoms with Crippen LogP contribution in [0.3, 0.4) is 0 Å². The maximum absolute atomic E-state index is 12.5. The quantitative estimate of drug-likeness (QED) is 0.766. The number of alkyl halides is 3. The van der Waals surface area contributed by atoms with Crippen LogP contribution in [-0.4, -0.2) is 18.5 Å². The second-order valence-electron chi connectivity index (χ2n) is 4.75. The topological polar surface area (TPSA) is 26.3 Å². The molecule has 0 spiro atoms. The predicted molar refractivity (Wildman–Crippen MR) is 64.1 cm³/mol. The van der Waals surface area contributed by atoms with Crippen LogP contribution in [-0.2, 0) is 10.9 Å². The largest absolute Gasteiger partial charge is 0.416 e. The Morgan fingerprint density at radius 3 is 2.58 bits per heavy atom. The van der Waals surface area contributed by atoms with Gasteiger partial charge in [0.15, 0.2) is 5.78 Å². The van der Waals surface area contributed by atoms with E-state index in [1.165, 1.54) is 13.0 Å². The van der Waals surface area contributed by atoms with Crippen LogP contribution in [0.25, 0.3) is 0 Å². The minimum Gasteiger partial charge on any atom is -0.370 e. The average molecular weight is 272 g/mol. The number of carbonyl (C=O) groups is 1. The zero-order valence-electron chi connectivity index (χ0n) is 10.6. The van der Waals surface area contributed by atoms with Crippen molar-refractivity contribution in [3.05, 3.63) is 34.9 Å². The predicted octanol–water partition coefficient (Wildman–Crippen LogP) is 3.77. The van der Waals surface area contributed by atoms with Gasteiger partial charge in [-0.05, 0) is 43.9 Å². The van der Waals surface area contributed by atoms with E-state index in [-0.39, 0.29) is 5.78 Å². The smallest absolute Gasteiger partial charge is 0.370 e. The van der Waals surface area contributed by atoms with Gasteiger partial charge >= 0.3 is 6.18 Å². The van der Waals surface area contributed by atoms with Crippen molar-refractivity contribution in [3.8, 4) is 0 Å². The fourth-order valence-corrected chi connectivity index (χ4v) is 2.24. The monoisotopic (exact) mass is 272 g/mol. The minimum atomic E-state index is -4.38. The van der Waals surface area contributed by atoms with E-state index in [2.05, 4.69) is 0 Å². The molecule has 0 N–H and O–H groups in total. The molecule has 1 aliphatic rings. The first kappa shape index (κ1) is 14.1. The number of benzene rings is 1. The van der Waals surface area contributed by atoms with Crippen molar-refractivity contribution in [2.75, 3.05) is 6.61 Å². The van der Waals surface area contributed by atoms with Gasteiger partial charge in [-0.2, -0.15) is 13.2 Å². The van der Waals surface area contributed by atoms with E-state index in [0.717, 1.165) is 25.0 Å². The molecule has 2 rings (SSSR count). The standard InChI is InChI=1S/C14H15F3O2/c1-9-8-10(14(15,16)17)5-6-11(9)13(18)12-4-2-3-7-19-12/h5-6,8,12H,2-4,7H2,1H3. The molecule has 0 aliphatic carbocycles. The summed E-state index contributed by atoms with van der Waals surface area (Å²) < 4.78 is 43.0. The highest BCUT2D eigenvalue weighted by Gasteiger charge is 2.32. The van der Waals surface area contributed by atoms with Gasteiger partial charge < -0.3 is 4.74 Å². The van der Waals surface area contributed by atoms with Crippen LogP contribution < -0.4 is 0 Å². The molecule has 1 heterocycles. The summed E-state index contributed by atoms with van der Waals surface area (Å²) in [5.74, 6) is -0.217. The fraction of sp³-hybridized carbons (Fsp3) is 0.500. The van der Waals surface area contributed by atoms with E-state index in [9.17, 15) is 18.0 Å². The lowest BCUT2D eigenvalue weighted by molar-refractivity contribution is -0.137. The van der Waals surface area contributed by atoms with Gasteiger partial charge in [-0.25, -0.2) is 0 Å². The number of hydrogen-bond acceptors (Lipinski definition) is 2. The molecular formula is C14H15F3O2. The second kappa shape index (κ2) is 5.33. The molecule has 1 saturated heterocycles. The maximum atomic E-state index is 12.5. The Morgan fingerprint density at radius 1 is 1.32 bits per heavy atom. The Morgan fingerprint density at radius 2 is 2.05 bits per heavy atom. The van der Waals surface area contributed by atoms with Gasteiger partial charge in [0.05, 0.1) is 5.56 Å². The summed E-state index contributed by atoms with van der Waals surface area (Å²) in [5, 5.41) is 0. The molecule has 0 amide bonds. The molecule has 1 unspecified atom stereocenters. The summed E-state index contributed by atoms with van der Waals surface area (Å²) >= 11 is 0. The summed E-state index contributed by atoms with van der Waals surface area (Å²) in [6, 6.07) is 3.21. The molecule has 0 saturated carbocycles. The SMILES string of the molecule is Cc1cc(C(F)(F)F)ccc1C(=O)C1CCCCO1. The Kier molecular flexibility index (Phi) is 3.94. The van der Waals surface area contributed by atoms with Crippen LogP contribution in [0, 0.1) is 6.92 Å². The molecule has 1 atom stereocenters. The summed E-state index contributed by atoms with van der Waals surface area (Å²) in [5.41, 5.74) is -0.0694. The van der Waals surface area contributed by atoms with Crippen molar-refractivity contribution in [1.29, 1.82) is 0 Å². The second-order valence-corrected chi connectivity index (χ2v) is 4.75. The number of rotatable bonds is 2. The Bertz CT molecular complexity index is 474. The third kappa shape index (κ3) is 3.15. The molecule has 104 valence electrons. The van der Waals surface area contributed by atoms with Crippen molar-refractivity contribution in [3.63, 3.8) is 0 Å². The van der Waals surface area contributed by atoms with Crippen LogP contribution in [0.1, 0.15) is 40.7 Å². The lowest BCUT2D eigenvalue weighted by Gasteiger charge is -2.22. The molecule has 1 fully saturated rings. The molecule has 5 heteroatoms. The number of Topliss-reactive ketones (excluding diaryl/α,β-unsaturated/α-hetero) is 1. The number of hydrogen-bond donors (Lipinski definition) is 0.